The molecule has 0 radical (unpaired) electrons. The Labute approximate surface area is 97.6 Å². The first kappa shape index (κ1) is 13.2. The molecule has 0 aliphatic carbocycles. The van der Waals surface area contributed by atoms with Gasteiger partial charge < -0.3 is 0 Å². The number of sulfone groups is 1. The van der Waals surface area contributed by atoms with Gasteiger partial charge in [-0.15, -0.1) is 0 Å². The summed E-state index contributed by atoms with van der Waals surface area (Å²) in [6.07, 6.45) is 5.59. The fourth-order valence-electron chi connectivity index (χ4n) is 1.59. The molecule has 92 valence electrons. The van der Waals surface area contributed by atoms with E-state index in [0.717, 1.165) is 12.8 Å². The molecule has 0 aromatic carbocycles. The van der Waals surface area contributed by atoms with Crippen molar-refractivity contribution in [3.05, 3.63) is 12.4 Å². The lowest BCUT2D eigenvalue weighted by Crippen LogP contribution is -2.31. The van der Waals surface area contributed by atoms with Crippen molar-refractivity contribution in [1.29, 1.82) is 0 Å². The molecule has 1 aromatic heterocycles. The number of hydrogen-bond acceptors (Lipinski definition) is 3. The number of rotatable bonds is 5. The molecule has 0 saturated heterocycles. The maximum atomic E-state index is 12.3. The Kier molecular flexibility index (Phi) is 3.78. The van der Waals surface area contributed by atoms with Crippen molar-refractivity contribution in [2.45, 2.75) is 49.7 Å². The molecular formula is C11H20N2O2S. The van der Waals surface area contributed by atoms with Gasteiger partial charge in [-0.25, -0.2) is 8.42 Å². The van der Waals surface area contributed by atoms with E-state index >= 15 is 0 Å². The Morgan fingerprint density at radius 1 is 1.44 bits per heavy atom. The number of nitrogens with zero attached hydrogens (tertiary/aromatic N) is 2. The molecule has 0 amide bonds. The van der Waals surface area contributed by atoms with Crippen LogP contribution in [0.1, 0.15) is 40.0 Å². The quantitative estimate of drug-likeness (QED) is 0.797. The van der Waals surface area contributed by atoms with Crippen molar-refractivity contribution in [2.24, 2.45) is 7.05 Å². The van der Waals surface area contributed by atoms with Crippen LogP contribution >= 0.6 is 0 Å². The van der Waals surface area contributed by atoms with Gasteiger partial charge in [0.1, 0.15) is 4.90 Å². The van der Waals surface area contributed by atoms with E-state index < -0.39 is 14.6 Å². The van der Waals surface area contributed by atoms with E-state index in [4.69, 9.17) is 0 Å². The third-order valence-electron chi connectivity index (χ3n) is 2.85. The van der Waals surface area contributed by atoms with Crippen molar-refractivity contribution in [3.8, 4) is 0 Å². The van der Waals surface area contributed by atoms with Crippen molar-refractivity contribution in [1.82, 2.24) is 9.78 Å². The molecular weight excluding hydrogens is 224 g/mol. The summed E-state index contributed by atoms with van der Waals surface area (Å²) in [6, 6.07) is 0. The van der Waals surface area contributed by atoms with Gasteiger partial charge in [0.15, 0.2) is 9.84 Å². The molecule has 1 heterocycles. The van der Waals surface area contributed by atoms with Crippen LogP contribution in [0.2, 0.25) is 0 Å². The van der Waals surface area contributed by atoms with Crippen LogP contribution in [0.5, 0.6) is 0 Å². The van der Waals surface area contributed by atoms with Crippen LogP contribution in [0.3, 0.4) is 0 Å². The number of unbranched alkanes of at least 4 members (excludes halogenated alkanes) is 1. The second-order valence-corrected chi connectivity index (χ2v) is 7.30. The molecule has 1 rings (SSSR count). The van der Waals surface area contributed by atoms with E-state index in [1.54, 1.807) is 27.1 Å². The van der Waals surface area contributed by atoms with Crippen molar-refractivity contribution in [3.63, 3.8) is 0 Å². The van der Waals surface area contributed by atoms with Crippen molar-refractivity contribution >= 4 is 9.84 Å². The summed E-state index contributed by atoms with van der Waals surface area (Å²) >= 11 is 0. The Hall–Kier alpha value is -0.840. The zero-order valence-electron chi connectivity index (χ0n) is 10.4. The first-order valence-electron chi connectivity index (χ1n) is 5.54. The summed E-state index contributed by atoms with van der Waals surface area (Å²) in [5, 5.41) is 3.91. The van der Waals surface area contributed by atoms with Crippen LogP contribution in [0, 0.1) is 0 Å². The van der Waals surface area contributed by atoms with E-state index in [1.807, 2.05) is 0 Å². The van der Waals surface area contributed by atoms with Crippen LogP contribution in [-0.4, -0.2) is 22.9 Å². The Bertz CT molecular complexity index is 446. The fourth-order valence-corrected chi connectivity index (χ4v) is 3.12. The van der Waals surface area contributed by atoms with Crippen LogP contribution in [0.4, 0.5) is 0 Å². The first-order chi connectivity index (χ1) is 7.31. The predicted molar refractivity (Wildman–Crippen MR) is 64.0 cm³/mol. The monoisotopic (exact) mass is 244 g/mol. The summed E-state index contributed by atoms with van der Waals surface area (Å²) in [5.74, 6) is 0. The standard InChI is InChI=1S/C11H20N2O2S/c1-5-6-7-11(2,3)16(14,15)10-8-12-13(4)9-10/h8-9H,5-7H2,1-4H3. The second kappa shape index (κ2) is 4.57. The highest BCUT2D eigenvalue weighted by Gasteiger charge is 2.35. The number of aryl methyl sites for hydroxylation is 1. The van der Waals surface area contributed by atoms with Crippen molar-refractivity contribution in [2.75, 3.05) is 0 Å². The van der Waals surface area contributed by atoms with Crippen LogP contribution in [-0.2, 0) is 16.9 Å². The van der Waals surface area contributed by atoms with Crippen LogP contribution in [0.25, 0.3) is 0 Å². The molecule has 5 heteroatoms. The van der Waals surface area contributed by atoms with Gasteiger partial charge in [-0.1, -0.05) is 19.8 Å². The highest BCUT2D eigenvalue weighted by molar-refractivity contribution is 7.92. The third kappa shape index (κ3) is 2.45. The summed E-state index contributed by atoms with van der Waals surface area (Å²) in [5.41, 5.74) is 0. The zero-order chi connectivity index (χ0) is 12.4. The number of aromatic nitrogens is 2. The Balaban J connectivity index is 3.01. The Morgan fingerprint density at radius 2 is 2.06 bits per heavy atom. The highest BCUT2D eigenvalue weighted by atomic mass is 32.2. The maximum Gasteiger partial charge on any atom is 0.186 e. The lowest BCUT2D eigenvalue weighted by Gasteiger charge is -2.23. The molecule has 0 aliphatic heterocycles. The summed E-state index contributed by atoms with van der Waals surface area (Å²) < 4.78 is 25.4. The Morgan fingerprint density at radius 3 is 2.50 bits per heavy atom. The predicted octanol–water partition coefficient (Wildman–Crippen LogP) is 2.16. The van der Waals surface area contributed by atoms with Gasteiger partial charge >= 0.3 is 0 Å². The molecule has 0 fully saturated rings. The van der Waals surface area contributed by atoms with Gasteiger partial charge in [0.25, 0.3) is 0 Å². The van der Waals surface area contributed by atoms with Crippen LogP contribution in [0.15, 0.2) is 17.3 Å². The van der Waals surface area contributed by atoms with Gasteiger partial charge in [-0.3, -0.25) is 4.68 Å². The second-order valence-electron chi connectivity index (χ2n) is 4.72. The van der Waals surface area contributed by atoms with E-state index in [2.05, 4.69) is 12.0 Å². The fraction of sp³-hybridized carbons (Fsp3) is 0.727. The van der Waals surface area contributed by atoms with E-state index in [1.165, 1.54) is 10.9 Å². The van der Waals surface area contributed by atoms with Gasteiger partial charge in [-0.2, -0.15) is 5.10 Å². The molecule has 16 heavy (non-hydrogen) atoms. The minimum absolute atomic E-state index is 0.316. The van der Waals surface area contributed by atoms with Gasteiger partial charge in [-0.05, 0) is 20.3 Å². The minimum atomic E-state index is -3.27. The molecule has 0 unspecified atom stereocenters. The lowest BCUT2D eigenvalue weighted by molar-refractivity contribution is 0.513. The normalized spacial score (nSPS) is 13.0. The number of hydrogen-bond donors (Lipinski definition) is 0. The average molecular weight is 244 g/mol. The molecule has 0 spiro atoms. The molecule has 0 bridgehead atoms. The molecule has 1 aromatic rings. The van der Waals surface area contributed by atoms with Gasteiger partial charge in [0.05, 0.1) is 10.9 Å². The average Bonchev–Trinajstić information content (AvgIpc) is 2.62. The van der Waals surface area contributed by atoms with E-state index in [9.17, 15) is 8.42 Å². The molecule has 0 aliphatic rings. The smallest absolute Gasteiger partial charge is 0.186 e. The van der Waals surface area contributed by atoms with Gasteiger partial charge in [0.2, 0.25) is 0 Å². The highest BCUT2D eigenvalue weighted by Crippen LogP contribution is 2.29. The third-order valence-corrected chi connectivity index (χ3v) is 5.34. The van der Waals surface area contributed by atoms with Crippen LogP contribution < -0.4 is 0 Å². The summed E-state index contributed by atoms with van der Waals surface area (Å²) in [6.45, 7) is 5.63. The molecule has 4 nitrogen and oxygen atoms in total. The molecule has 0 saturated carbocycles. The zero-order valence-corrected chi connectivity index (χ0v) is 11.2. The summed E-state index contributed by atoms with van der Waals surface area (Å²) in [7, 11) is -1.55. The summed E-state index contributed by atoms with van der Waals surface area (Å²) in [4.78, 5) is 0.316. The SMILES string of the molecule is CCCCC(C)(C)S(=O)(=O)c1cnn(C)c1. The first-order valence-corrected chi connectivity index (χ1v) is 7.03. The molecule has 0 N–H and O–H groups in total. The van der Waals surface area contributed by atoms with E-state index in [-0.39, 0.29) is 0 Å². The molecule has 0 atom stereocenters. The van der Waals surface area contributed by atoms with E-state index in [0.29, 0.717) is 11.3 Å². The topological polar surface area (TPSA) is 52.0 Å². The van der Waals surface area contributed by atoms with Gasteiger partial charge in [0, 0.05) is 13.2 Å². The largest absolute Gasteiger partial charge is 0.274 e. The van der Waals surface area contributed by atoms with Crippen molar-refractivity contribution < 1.29 is 8.42 Å². The lowest BCUT2D eigenvalue weighted by atomic mass is 10.1. The minimum Gasteiger partial charge on any atom is -0.274 e. The maximum absolute atomic E-state index is 12.3.